The Labute approximate surface area is 210 Å². The van der Waals surface area contributed by atoms with Crippen molar-refractivity contribution in [2.75, 3.05) is 25.5 Å². The van der Waals surface area contributed by atoms with Crippen LogP contribution in [0.25, 0.3) is 11.4 Å². The first kappa shape index (κ1) is 22.7. The molecule has 0 radical (unpaired) electrons. The predicted octanol–water partition coefficient (Wildman–Crippen LogP) is 3.69. The highest BCUT2D eigenvalue weighted by Gasteiger charge is 2.50. The van der Waals surface area contributed by atoms with Gasteiger partial charge in [-0.3, -0.25) is 14.6 Å². The maximum atomic E-state index is 13.1. The molecule has 2 N–H and O–H groups in total. The molecule has 3 amide bonds. The van der Waals surface area contributed by atoms with E-state index in [4.69, 9.17) is 0 Å². The topological polar surface area (TPSA) is 90.5 Å². The Morgan fingerprint density at radius 3 is 2.28 bits per heavy atom. The van der Waals surface area contributed by atoms with Crippen LogP contribution in [0.3, 0.4) is 0 Å². The molecule has 0 bridgehead atoms. The number of anilines is 1. The van der Waals surface area contributed by atoms with Crippen molar-refractivity contribution in [3.05, 3.63) is 77.6 Å². The monoisotopic (exact) mass is 482 g/mol. The molecule has 1 spiro atoms. The zero-order chi connectivity index (χ0) is 24.9. The fraction of sp³-hybridized carbons (Fsp3) is 0.357. The number of urea groups is 1. The number of hydrogen-bond acceptors (Lipinski definition) is 5. The molecule has 8 nitrogen and oxygen atoms in total. The fourth-order valence-corrected chi connectivity index (χ4v) is 6.15. The summed E-state index contributed by atoms with van der Waals surface area (Å²) in [7, 11) is 4.30. The van der Waals surface area contributed by atoms with Gasteiger partial charge in [0.15, 0.2) is 5.82 Å². The van der Waals surface area contributed by atoms with Gasteiger partial charge < -0.3 is 10.6 Å². The van der Waals surface area contributed by atoms with Crippen molar-refractivity contribution in [3.8, 4) is 11.4 Å². The molecule has 3 aromatic rings. The first-order chi connectivity index (χ1) is 17.4. The van der Waals surface area contributed by atoms with E-state index in [-0.39, 0.29) is 23.0 Å². The largest absolute Gasteiger partial charge is 0.348 e. The van der Waals surface area contributed by atoms with Crippen LogP contribution < -0.4 is 15.5 Å². The average Bonchev–Trinajstić information content (AvgIpc) is 3.44. The number of fused-ring (bicyclic) bond motifs is 1. The van der Waals surface area contributed by atoms with E-state index in [0.29, 0.717) is 30.2 Å². The summed E-state index contributed by atoms with van der Waals surface area (Å²) in [5.41, 5.74) is 4.16. The van der Waals surface area contributed by atoms with Gasteiger partial charge in [0.2, 0.25) is 0 Å². The molecule has 3 aliphatic rings. The van der Waals surface area contributed by atoms with E-state index in [2.05, 4.69) is 69.9 Å². The van der Waals surface area contributed by atoms with E-state index < -0.39 is 0 Å². The lowest BCUT2D eigenvalue weighted by Crippen LogP contribution is -2.54. The molecule has 2 aromatic carbocycles. The van der Waals surface area contributed by atoms with Crippen LogP contribution in [0.2, 0.25) is 0 Å². The summed E-state index contributed by atoms with van der Waals surface area (Å²) in [4.78, 5) is 38.3. The predicted molar refractivity (Wildman–Crippen MR) is 138 cm³/mol. The van der Waals surface area contributed by atoms with Crippen LogP contribution in [0, 0.1) is 0 Å². The Morgan fingerprint density at radius 1 is 0.889 bits per heavy atom. The third-order valence-corrected chi connectivity index (χ3v) is 8.32. The molecular formula is C28H30N6O2. The third kappa shape index (κ3) is 3.55. The number of nitrogens with one attached hydrogen (secondary N) is 2. The van der Waals surface area contributed by atoms with Crippen LogP contribution in [0.1, 0.15) is 47.2 Å². The smallest absolute Gasteiger partial charge is 0.322 e. The molecule has 2 fully saturated rings. The molecule has 0 atom stereocenters. The van der Waals surface area contributed by atoms with Crippen molar-refractivity contribution < 1.29 is 9.59 Å². The van der Waals surface area contributed by atoms with Gasteiger partial charge in [-0.2, -0.15) is 0 Å². The maximum Gasteiger partial charge on any atom is 0.322 e. The van der Waals surface area contributed by atoms with Crippen LogP contribution in [-0.4, -0.2) is 53.0 Å². The van der Waals surface area contributed by atoms with Crippen molar-refractivity contribution in [1.29, 1.82) is 0 Å². The summed E-state index contributed by atoms with van der Waals surface area (Å²) in [6.45, 7) is 1.08. The van der Waals surface area contributed by atoms with Crippen LogP contribution in [-0.2, 0) is 12.1 Å². The minimum atomic E-state index is -0.254. The van der Waals surface area contributed by atoms with Gasteiger partial charge in [0.25, 0.3) is 5.91 Å². The van der Waals surface area contributed by atoms with Gasteiger partial charge in [0.05, 0.1) is 30.2 Å². The lowest BCUT2D eigenvalue weighted by atomic mass is 9.69. The fourth-order valence-electron chi connectivity index (χ4n) is 6.15. The second kappa shape index (κ2) is 8.41. The van der Waals surface area contributed by atoms with E-state index >= 15 is 0 Å². The molecule has 3 heterocycles. The second-order valence-corrected chi connectivity index (χ2v) is 10.4. The minimum absolute atomic E-state index is 0.0262. The first-order valence-electron chi connectivity index (χ1n) is 12.5. The molecular weight excluding hydrogens is 452 g/mol. The van der Waals surface area contributed by atoms with Gasteiger partial charge in [-0.15, -0.1) is 0 Å². The molecule has 36 heavy (non-hydrogen) atoms. The maximum absolute atomic E-state index is 13.1. The van der Waals surface area contributed by atoms with Gasteiger partial charge in [-0.1, -0.05) is 42.5 Å². The number of carbonyl (C=O) groups is 2. The normalized spacial score (nSPS) is 25.2. The molecule has 184 valence electrons. The van der Waals surface area contributed by atoms with E-state index in [1.165, 1.54) is 5.56 Å². The summed E-state index contributed by atoms with van der Waals surface area (Å²) >= 11 is 0. The zero-order valence-electron chi connectivity index (χ0n) is 20.6. The lowest BCUT2D eigenvalue weighted by molar-refractivity contribution is 0.0658. The molecule has 2 aliphatic heterocycles. The lowest BCUT2D eigenvalue weighted by Gasteiger charge is -2.48. The molecule has 1 aromatic heterocycles. The highest BCUT2D eigenvalue weighted by atomic mass is 16.2. The van der Waals surface area contributed by atoms with Crippen LogP contribution in [0.5, 0.6) is 0 Å². The van der Waals surface area contributed by atoms with Gasteiger partial charge >= 0.3 is 6.03 Å². The zero-order valence-corrected chi connectivity index (χ0v) is 20.6. The Kier molecular flexibility index (Phi) is 5.30. The van der Waals surface area contributed by atoms with Gasteiger partial charge in [-0.05, 0) is 57.0 Å². The first-order valence-corrected chi connectivity index (χ1v) is 12.5. The van der Waals surface area contributed by atoms with Crippen molar-refractivity contribution >= 4 is 17.6 Å². The highest BCUT2D eigenvalue weighted by Crippen LogP contribution is 2.46. The van der Waals surface area contributed by atoms with Crippen molar-refractivity contribution in [3.63, 3.8) is 0 Å². The molecule has 6 rings (SSSR count). The molecule has 1 aliphatic carbocycles. The molecule has 1 saturated carbocycles. The number of amides is 3. The molecule has 8 heteroatoms. The number of nitrogens with zero attached hydrogens (tertiary/aromatic N) is 4. The van der Waals surface area contributed by atoms with Crippen LogP contribution >= 0.6 is 0 Å². The standard InChI is InChI=1S/C28H30N6O2/c1-33(2)28(19-7-4-3-5-8-19)13-11-27(12-14-28)18-34(26(36)32-27)20-15-29-24(30-16-20)21-9-6-10-22-23(21)17-31-25(22)35/h3-10,15-16H,11-14,17-18H2,1-2H3,(H,31,35)(H,32,36)/t27-,28+. The number of hydrogen-bond donors (Lipinski definition) is 2. The Bertz CT molecular complexity index is 1310. The van der Waals surface area contributed by atoms with E-state index in [1.54, 1.807) is 17.3 Å². The van der Waals surface area contributed by atoms with Gasteiger partial charge in [0.1, 0.15) is 0 Å². The summed E-state index contributed by atoms with van der Waals surface area (Å²) in [6, 6.07) is 16.2. The van der Waals surface area contributed by atoms with Crippen molar-refractivity contribution in [1.82, 2.24) is 25.5 Å². The van der Waals surface area contributed by atoms with Gasteiger partial charge in [-0.25, -0.2) is 14.8 Å². The summed E-state index contributed by atoms with van der Waals surface area (Å²) in [5.74, 6) is 0.484. The quantitative estimate of drug-likeness (QED) is 0.592. The van der Waals surface area contributed by atoms with E-state index in [1.807, 2.05) is 18.2 Å². The summed E-state index contributed by atoms with van der Waals surface area (Å²) in [5, 5.41) is 6.15. The van der Waals surface area contributed by atoms with Gasteiger partial charge in [0, 0.05) is 23.2 Å². The number of rotatable bonds is 4. The van der Waals surface area contributed by atoms with Crippen molar-refractivity contribution in [2.45, 2.75) is 43.3 Å². The van der Waals surface area contributed by atoms with E-state index in [0.717, 1.165) is 36.8 Å². The highest BCUT2D eigenvalue weighted by molar-refractivity contribution is 6.00. The summed E-state index contributed by atoms with van der Waals surface area (Å²) in [6.07, 6.45) is 7.17. The van der Waals surface area contributed by atoms with Crippen LogP contribution in [0.15, 0.2) is 60.9 Å². The Hall–Kier alpha value is -3.78. The summed E-state index contributed by atoms with van der Waals surface area (Å²) < 4.78 is 0. The average molecular weight is 483 g/mol. The molecule has 1 saturated heterocycles. The molecule has 0 unspecified atom stereocenters. The number of benzene rings is 2. The van der Waals surface area contributed by atoms with Crippen molar-refractivity contribution in [2.24, 2.45) is 0 Å². The Morgan fingerprint density at radius 2 is 1.58 bits per heavy atom. The second-order valence-electron chi connectivity index (χ2n) is 10.4. The minimum Gasteiger partial charge on any atom is -0.348 e. The SMILES string of the molecule is CN(C)[C@]1(c2ccccc2)CC[C@]2(CC1)CN(c1cnc(-c3cccc4c3CNC4=O)nc1)C(=O)N2. The van der Waals surface area contributed by atoms with E-state index in [9.17, 15) is 9.59 Å². The Balaban J connectivity index is 1.21. The number of carbonyl (C=O) groups excluding carboxylic acids is 2. The third-order valence-electron chi connectivity index (χ3n) is 8.32. The number of aromatic nitrogens is 2. The van der Waals surface area contributed by atoms with Crippen LogP contribution in [0.4, 0.5) is 10.5 Å².